The highest BCUT2D eigenvalue weighted by Gasteiger charge is 2.06. The van der Waals surface area contributed by atoms with E-state index in [1.807, 2.05) is 0 Å². The van der Waals surface area contributed by atoms with Crippen molar-refractivity contribution in [2.45, 2.75) is 0 Å². The molecule has 0 N–H and O–H groups in total. The van der Waals surface area contributed by atoms with Crippen LogP contribution in [0.4, 0.5) is 4.39 Å². The summed E-state index contributed by atoms with van der Waals surface area (Å²) in [7, 11) is 1.55. The summed E-state index contributed by atoms with van der Waals surface area (Å²) in [5, 5.41) is 0. The van der Waals surface area contributed by atoms with Gasteiger partial charge in [0.15, 0.2) is 5.82 Å². The summed E-state index contributed by atoms with van der Waals surface area (Å²) in [6.07, 6.45) is 3.06. The molecule has 0 amide bonds. The first-order valence-corrected chi connectivity index (χ1v) is 4.42. The molecular formula is C11H9FN2O. The van der Waals surface area contributed by atoms with Crippen LogP contribution in [-0.2, 0) is 0 Å². The first-order chi connectivity index (χ1) is 7.31. The second-order valence-electron chi connectivity index (χ2n) is 2.92. The summed E-state index contributed by atoms with van der Waals surface area (Å²) in [5.41, 5.74) is 0.744. The van der Waals surface area contributed by atoms with E-state index in [1.165, 1.54) is 18.5 Å². The SMILES string of the molecule is COc1ccc(-c2ncccc2F)nc1. The Morgan fingerprint density at radius 3 is 2.67 bits per heavy atom. The van der Waals surface area contributed by atoms with E-state index in [4.69, 9.17) is 4.74 Å². The molecule has 2 heterocycles. The van der Waals surface area contributed by atoms with Crippen LogP contribution in [-0.4, -0.2) is 17.1 Å². The lowest BCUT2D eigenvalue weighted by molar-refractivity contribution is 0.413. The van der Waals surface area contributed by atoms with Crippen molar-refractivity contribution in [2.75, 3.05) is 7.11 Å². The molecule has 0 atom stereocenters. The molecule has 2 aromatic rings. The molecule has 0 aromatic carbocycles. The maximum absolute atomic E-state index is 13.3. The molecule has 0 spiro atoms. The summed E-state index contributed by atoms with van der Waals surface area (Å²) in [6.45, 7) is 0. The van der Waals surface area contributed by atoms with Crippen LogP contribution in [0.25, 0.3) is 11.4 Å². The van der Waals surface area contributed by atoms with Gasteiger partial charge in [-0.1, -0.05) is 0 Å². The van der Waals surface area contributed by atoms with Gasteiger partial charge in [0, 0.05) is 6.20 Å². The zero-order chi connectivity index (χ0) is 10.7. The van der Waals surface area contributed by atoms with Gasteiger partial charge in [-0.25, -0.2) is 4.39 Å². The van der Waals surface area contributed by atoms with Crippen molar-refractivity contribution in [1.82, 2.24) is 9.97 Å². The lowest BCUT2D eigenvalue weighted by Crippen LogP contribution is -1.91. The van der Waals surface area contributed by atoms with Crippen molar-refractivity contribution in [2.24, 2.45) is 0 Å². The van der Waals surface area contributed by atoms with Crippen LogP contribution in [0.1, 0.15) is 0 Å². The minimum atomic E-state index is -0.379. The van der Waals surface area contributed by atoms with E-state index in [-0.39, 0.29) is 11.5 Å². The lowest BCUT2D eigenvalue weighted by Gasteiger charge is -2.02. The zero-order valence-electron chi connectivity index (χ0n) is 8.14. The average molecular weight is 204 g/mol. The van der Waals surface area contributed by atoms with Crippen molar-refractivity contribution < 1.29 is 9.13 Å². The molecule has 15 heavy (non-hydrogen) atoms. The second-order valence-corrected chi connectivity index (χ2v) is 2.92. The van der Waals surface area contributed by atoms with Crippen LogP contribution in [0.3, 0.4) is 0 Å². The maximum atomic E-state index is 13.3. The van der Waals surface area contributed by atoms with Gasteiger partial charge in [0.25, 0.3) is 0 Å². The molecule has 0 fully saturated rings. The highest BCUT2D eigenvalue weighted by atomic mass is 19.1. The van der Waals surface area contributed by atoms with E-state index in [0.717, 1.165) is 0 Å². The summed E-state index contributed by atoms with van der Waals surface area (Å²) in [4.78, 5) is 7.98. The van der Waals surface area contributed by atoms with Crippen molar-refractivity contribution >= 4 is 0 Å². The van der Waals surface area contributed by atoms with E-state index >= 15 is 0 Å². The third-order valence-electron chi connectivity index (χ3n) is 1.97. The summed E-state index contributed by atoms with van der Waals surface area (Å²) >= 11 is 0. The molecular weight excluding hydrogens is 195 g/mol. The van der Waals surface area contributed by atoms with Crippen LogP contribution in [0.15, 0.2) is 36.7 Å². The molecule has 0 aliphatic heterocycles. The third kappa shape index (κ3) is 1.93. The first kappa shape index (κ1) is 9.58. The standard InChI is InChI=1S/C11H9FN2O/c1-15-8-4-5-10(14-7-8)11-9(12)3-2-6-13-11/h2-7H,1H3. The van der Waals surface area contributed by atoms with Crippen molar-refractivity contribution in [1.29, 1.82) is 0 Å². The minimum Gasteiger partial charge on any atom is -0.495 e. The van der Waals surface area contributed by atoms with Crippen molar-refractivity contribution in [3.8, 4) is 17.1 Å². The first-order valence-electron chi connectivity index (χ1n) is 4.42. The number of hydrogen-bond acceptors (Lipinski definition) is 3. The third-order valence-corrected chi connectivity index (χ3v) is 1.97. The molecule has 0 saturated carbocycles. The number of ether oxygens (including phenoxy) is 1. The Hall–Kier alpha value is -1.97. The van der Waals surface area contributed by atoms with Crippen molar-refractivity contribution in [3.05, 3.63) is 42.5 Å². The summed E-state index contributed by atoms with van der Waals surface area (Å²) in [6, 6.07) is 6.29. The monoisotopic (exact) mass is 204 g/mol. The van der Waals surface area contributed by atoms with Crippen LogP contribution >= 0.6 is 0 Å². The van der Waals surface area contributed by atoms with E-state index in [0.29, 0.717) is 11.4 Å². The van der Waals surface area contributed by atoms with E-state index in [2.05, 4.69) is 9.97 Å². The van der Waals surface area contributed by atoms with E-state index in [1.54, 1.807) is 25.3 Å². The van der Waals surface area contributed by atoms with Gasteiger partial charge in [-0.3, -0.25) is 9.97 Å². The maximum Gasteiger partial charge on any atom is 0.151 e. The Morgan fingerprint density at radius 1 is 1.20 bits per heavy atom. The molecule has 76 valence electrons. The number of hydrogen-bond donors (Lipinski definition) is 0. The Bertz CT molecular complexity index is 456. The van der Waals surface area contributed by atoms with Gasteiger partial charge in [-0.05, 0) is 24.3 Å². The fourth-order valence-electron chi connectivity index (χ4n) is 1.22. The van der Waals surface area contributed by atoms with Gasteiger partial charge in [-0.2, -0.15) is 0 Å². The molecule has 4 heteroatoms. The van der Waals surface area contributed by atoms with Gasteiger partial charge in [0.1, 0.15) is 11.4 Å². The van der Waals surface area contributed by atoms with Gasteiger partial charge in [0.2, 0.25) is 0 Å². The van der Waals surface area contributed by atoms with Gasteiger partial charge >= 0.3 is 0 Å². The predicted octanol–water partition coefficient (Wildman–Crippen LogP) is 2.29. The number of pyridine rings is 2. The Morgan fingerprint density at radius 2 is 2.07 bits per heavy atom. The van der Waals surface area contributed by atoms with Crippen LogP contribution in [0, 0.1) is 5.82 Å². The molecule has 2 aromatic heterocycles. The molecule has 3 nitrogen and oxygen atoms in total. The molecule has 0 unspecified atom stereocenters. The highest BCUT2D eigenvalue weighted by molar-refractivity contribution is 5.54. The quantitative estimate of drug-likeness (QED) is 0.752. The predicted molar refractivity (Wildman–Crippen MR) is 54.0 cm³/mol. The molecule has 2 rings (SSSR count). The zero-order valence-corrected chi connectivity index (χ0v) is 8.14. The molecule has 0 radical (unpaired) electrons. The van der Waals surface area contributed by atoms with Gasteiger partial charge in [0.05, 0.1) is 19.0 Å². The van der Waals surface area contributed by atoms with Crippen LogP contribution in [0.2, 0.25) is 0 Å². The van der Waals surface area contributed by atoms with Gasteiger partial charge < -0.3 is 4.74 Å². The molecule has 0 saturated heterocycles. The summed E-state index contributed by atoms with van der Waals surface area (Å²) in [5.74, 6) is 0.255. The number of aromatic nitrogens is 2. The average Bonchev–Trinajstić information content (AvgIpc) is 2.30. The fraction of sp³-hybridized carbons (Fsp3) is 0.0909. The summed E-state index contributed by atoms with van der Waals surface area (Å²) < 4.78 is 18.3. The Kier molecular flexibility index (Phi) is 2.58. The van der Waals surface area contributed by atoms with E-state index in [9.17, 15) is 4.39 Å². The highest BCUT2D eigenvalue weighted by Crippen LogP contribution is 2.19. The number of methoxy groups -OCH3 is 1. The van der Waals surface area contributed by atoms with Crippen LogP contribution < -0.4 is 4.74 Å². The van der Waals surface area contributed by atoms with E-state index < -0.39 is 0 Å². The Labute approximate surface area is 86.6 Å². The normalized spacial score (nSPS) is 10.0. The minimum absolute atomic E-state index is 0.250. The number of halogens is 1. The largest absolute Gasteiger partial charge is 0.495 e. The molecule has 0 bridgehead atoms. The number of rotatable bonds is 2. The van der Waals surface area contributed by atoms with Gasteiger partial charge in [-0.15, -0.1) is 0 Å². The topological polar surface area (TPSA) is 35.0 Å². The molecule has 0 aliphatic carbocycles. The number of nitrogens with zero attached hydrogens (tertiary/aromatic N) is 2. The van der Waals surface area contributed by atoms with Crippen LogP contribution in [0.5, 0.6) is 5.75 Å². The molecule has 0 aliphatic rings. The Balaban J connectivity index is 2.42. The second kappa shape index (κ2) is 4.04. The smallest absolute Gasteiger partial charge is 0.151 e. The van der Waals surface area contributed by atoms with Crippen molar-refractivity contribution in [3.63, 3.8) is 0 Å². The fourth-order valence-corrected chi connectivity index (χ4v) is 1.22. The lowest BCUT2D eigenvalue weighted by atomic mass is 10.2.